The second-order valence-corrected chi connectivity index (χ2v) is 6.42. The smallest absolute Gasteiger partial charge is 0.244 e. The van der Waals surface area contributed by atoms with E-state index < -0.39 is 0 Å². The van der Waals surface area contributed by atoms with Gasteiger partial charge in [0.15, 0.2) is 0 Å². The topological polar surface area (TPSA) is 75.4 Å². The number of hydrogen-bond acceptors (Lipinski definition) is 3. The number of carbonyl (C=O) groups is 2. The summed E-state index contributed by atoms with van der Waals surface area (Å²) in [4.78, 5) is 26.1. The lowest BCUT2D eigenvalue weighted by molar-refractivity contribution is -0.138. The zero-order valence-electron chi connectivity index (χ0n) is 13.6. The lowest BCUT2D eigenvalue weighted by atomic mass is 10.0. The SMILES string of the molecule is CCCN(CC(=O)Nc1ccc(Cl)cc1Cl)C(=O)C(C)C(C)N. The maximum absolute atomic E-state index is 12.4. The highest BCUT2D eigenvalue weighted by Crippen LogP contribution is 2.25. The first kappa shape index (κ1) is 19.7. The summed E-state index contributed by atoms with van der Waals surface area (Å²) in [6.45, 7) is 5.95. The Morgan fingerprint density at radius 3 is 2.48 bits per heavy atom. The van der Waals surface area contributed by atoms with E-state index in [4.69, 9.17) is 28.9 Å². The van der Waals surface area contributed by atoms with Gasteiger partial charge in [0.25, 0.3) is 0 Å². The van der Waals surface area contributed by atoms with E-state index in [1.54, 1.807) is 32.0 Å². The second-order valence-electron chi connectivity index (χ2n) is 5.58. The van der Waals surface area contributed by atoms with E-state index in [9.17, 15) is 9.59 Å². The molecule has 2 atom stereocenters. The number of carbonyl (C=O) groups excluding carboxylic acids is 2. The van der Waals surface area contributed by atoms with Crippen molar-refractivity contribution in [2.45, 2.75) is 33.2 Å². The lowest BCUT2D eigenvalue weighted by Crippen LogP contribution is -2.45. The monoisotopic (exact) mass is 359 g/mol. The van der Waals surface area contributed by atoms with Gasteiger partial charge in [0.2, 0.25) is 11.8 Å². The van der Waals surface area contributed by atoms with Crippen LogP contribution in [0.4, 0.5) is 5.69 Å². The van der Waals surface area contributed by atoms with Crippen LogP contribution in [0.25, 0.3) is 0 Å². The van der Waals surface area contributed by atoms with Crippen molar-refractivity contribution in [3.63, 3.8) is 0 Å². The fourth-order valence-electron chi connectivity index (χ4n) is 2.00. The van der Waals surface area contributed by atoms with E-state index in [0.717, 1.165) is 6.42 Å². The normalized spacial score (nSPS) is 13.3. The molecule has 0 radical (unpaired) electrons. The molecule has 128 valence electrons. The van der Waals surface area contributed by atoms with Crippen LogP contribution in [0.1, 0.15) is 27.2 Å². The Bertz CT molecular complexity index is 564. The average molecular weight is 360 g/mol. The summed E-state index contributed by atoms with van der Waals surface area (Å²) < 4.78 is 0. The molecule has 0 aliphatic rings. The Kier molecular flexibility index (Phi) is 7.82. The van der Waals surface area contributed by atoms with Gasteiger partial charge in [-0.1, -0.05) is 37.0 Å². The number of amides is 2. The third-order valence-corrected chi connectivity index (χ3v) is 4.07. The maximum atomic E-state index is 12.4. The van der Waals surface area contributed by atoms with E-state index in [1.807, 2.05) is 6.92 Å². The average Bonchev–Trinajstić information content (AvgIpc) is 2.48. The van der Waals surface area contributed by atoms with Crippen molar-refractivity contribution in [3.8, 4) is 0 Å². The molecule has 1 aromatic rings. The number of benzene rings is 1. The summed E-state index contributed by atoms with van der Waals surface area (Å²) in [6.07, 6.45) is 0.756. The first-order valence-corrected chi connectivity index (χ1v) is 8.31. The van der Waals surface area contributed by atoms with Crippen LogP contribution in [-0.4, -0.2) is 35.8 Å². The van der Waals surface area contributed by atoms with Crippen LogP contribution in [0.5, 0.6) is 0 Å². The van der Waals surface area contributed by atoms with Crippen molar-refractivity contribution < 1.29 is 9.59 Å². The summed E-state index contributed by atoms with van der Waals surface area (Å²) in [7, 11) is 0. The molecule has 0 bridgehead atoms. The Balaban J connectivity index is 2.76. The second kappa shape index (κ2) is 9.11. The predicted molar refractivity (Wildman–Crippen MR) is 94.8 cm³/mol. The Morgan fingerprint density at radius 2 is 1.96 bits per heavy atom. The van der Waals surface area contributed by atoms with Gasteiger partial charge in [-0.05, 0) is 31.5 Å². The zero-order chi connectivity index (χ0) is 17.6. The Labute approximate surface area is 147 Å². The minimum absolute atomic E-state index is 0.0390. The lowest BCUT2D eigenvalue weighted by Gasteiger charge is -2.26. The van der Waals surface area contributed by atoms with Crippen LogP contribution in [0.15, 0.2) is 18.2 Å². The predicted octanol–water partition coefficient (Wildman–Crippen LogP) is 3.15. The van der Waals surface area contributed by atoms with Gasteiger partial charge < -0.3 is 16.0 Å². The molecular weight excluding hydrogens is 337 g/mol. The van der Waals surface area contributed by atoms with E-state index in [0.29, 0.717) is 22.3 Å². The molecule has 23 heavy (non-hydrogen) atoms. The molecule has 0 aliphatic carbocycles. The Morgan fingerprint density at radius 1 is 1.30 bits per heavy atom. The van der Waals surface area contributed by atoms with Crippen LogP contribution in [0, 0.1) is 5.92 Å². The highest BCUT2D eigenvalue weighted by molar-refractivity contribution is 6.36. The zero-order valence-corrected chi connectivity index (χ0v) is 15.1. The number of anilines is 1. The van der Waals surface area contributed by atoms with Crippen molar-refractivity contribution in [1.29, 1.82) is 0 Å². The molecule has 3 N–H and O–H groups in total. The van der Waals surface area contributed by atoms with Crippen LogP contribution in [-0.2, 0) is 9.59 Å². The molecule has 0 heterocycles. The highest BCUT2D eigenvalue weighted by Gasteiger charge is 2.24. The molecule has 0 aromatic heterocycles. The number of halogens is 2. The van der Waals surface area contributed by atoms with Crippen molar-refractivity contribution in [3.05, 3.63) is 28.2 Å². The minimum atomic E-state index is -0.339. The fraction of sp³-hybridized carbons (Fsp3) is 0.500. The molecule has 0 saturated carbocycles. The fourth-order valence-corrected chi connectivity index (χ4v) is 2.46. The molecule has 0 spiro atoms. The molecule has 2 unspecified atom stereocenters. The summed E-state index contributed by atoms with van der Waals surface area (Å²) in [5.74, 6) is -0.777. The maximum Gasteiger partial charge on any atom is 0.244 e. The third kappa shape index (κ3) is 6.01. The molecule has 5 nitrogen and oxygen atoms in total. The van der Waals surface area contributed by atoms with Gasteiger partial charge in [0.1, 0.15) is 0 Å². The van der Waals surface area contributed by atoms with Crippen molar-refractivity contribution in [2.24, 2.45) is 11.7 Å². The molecule has 2 amide bonds. The van der Waals surface area contributed by atoms with Gasteiger partial charge in [-0.15, -0.1) is 0 Å². The number of nitrogens with zero attached hydrogens (tertiary/aromatic N) is 1. The number of hydrogen-bond donors (Lipinski definition) is 2. The van der Waals surface area contributed by atoms with E-state index >= 15 is 0 Å². The van der Waals surface area contributed by atoms with Crippen LogP contribution >= 0.6 is 23.2 Å². The number of nitrogens with two attached hydrogens (primary N) is 1. The standard InChI is InChI=1S/C16H23Cl2N3O2/c1-4-7-21(16(23)10(2)11(3)19)9-15(22)20-14-6-5-12(17)8-13(14)18/h5-6,8,10-11H,4,7,9,19H2,1-3H3,(H,20,22). The van der Waals surface area contributed by atoms with Gasteiger partial charge in [0, 0.05) is 17.6 Å². The van der Waals surface area contributed by atoms with Gasteiger partial charge in [-0.2, -0.15) is 0 Å². The highest BCUT2D eigenvalue weighted by atomic mass is 35.5. The van der Waals surface area contributed by atoms with Crippen LogP contribution in [0.2, 0.25) is 10.0 Å². The van der Waals surface area contributed by atoms with Crippen molar-refractivity contribution >= 4 is 40.7 Å². The molecule has 1 rings (SSSR count). The van der Waals surface area contributed by atoms with Gasteiger partial charge in [-0.3, -0.25) is 9.59 Å². The van der Waals surface area contributed by atoms with Gasteiger partial charge in [0.05, 0.1) is 23.2 Å². The van der Waals surface area contributed by atoms with Crippen LogP contribution in [0.3, 0.4) is 0 Å². The summed E-state index contributed by atoms with van der Waals surface area (Å²) in [6, 6.07) is 4.54. The first-order valence-electron chi connectivity index (χ1n) is 7.55. The molecule has 0 saturated heterocycles. The molecule has 1 aromatic carbocycles. The third-order valence-electron chi connectivity index (χ3n) is 3.52. The quantitative estimate of drug-likeness (QED) is 0.784. The first-order chi connectivity index (χ1) is 10.8. The van der Waals surface area contributed by atoms with E-state index in [-0.39, 0.29) is 30.3 Å². The van der Waals surface area contributed by atoms with Gasteiger partial charge in [-0.25, -0.2) is 0 Å². The van der Waals surface area contributed by atoms with E-state index in [2.05, 4.69) is 5.32 Å². The minimum Gasteiger partial charge on any atom is -0.333 e. The Hall–Kier alpha value is -1.30. The number of rotatable bonds is 7. The van der Waals surface area contributed by atoms with Crippen molar-refractivity contribution in [1.82, 2.24) is 4.90 Å². The van der Waals surface area contributed by atoms with Gasteiger partial charge >= 0.3 is 0 Å². The van der Waals surface area contributed by atoms with Crippen molar-refractivity contribution in [2.75, 3.05) is 18.4 Å². The summed E-state index contributed by atoms with van der Waals surface area (Å²) in [5, 5.41) is 3.53. The molecule has 0 aliphatic heterocycles. The molecular formula is C16H23Cl2N3O2. The molecule has 0 fully saturated rings. The van der Waals surface area contributed by atoms with Crippen LogP contribution < -0.4 is 11.1 Å². The molecule has 7 heteroatoms. The number of nitrogens with one attached hydrogen (secondary N) is 1. The van der Waals surface area contributed by atoms with E-state index in [1.165, 1.54) is 4.90 Å². The summed E-state index contributed by atoms with van der Waals surface area (Å²) in [5.41, 5.74) is 6.24. The largest absolute Gasteiger partial charge is 0.333 e. The summed E-state index contributed by atoms with van der Waals surface area (Å²) >= 11 is 11.9.